The van der Waals surface area contributed by atoms with Gasteiger partial charge in [-0.1, -0.05) is 26.2 Å². The van der Waals surface area contributed by atoms with Gasteiger partial charge in [0.05, 0.1) is 5.69 Å². The molecule has 1 atom stereocenters. The van der Waals surface area contributed by atoms with Crippen molar-refractivity contribution in [1.29, 1.82) is 0 Å². The van der Waals surface area contributed by atoms with E-state index < -0.39 is 0 Å². The molecule has 0 spiro atoms. The van der Waals surface area contributed by atoms with Crippen molar-refractivity contribution in [1.82, 2.24) is 20.0 Å². The summed E-state index contributed by atoms with van der Waals surface area (Å²) in [7, 11) is 8.68. The summed E-state index contributed by atoms with van der Waals surface area (Å²) < 4.78 is 2.06. The molecular formula is C17H32N4. The fourth-order valence-electron chi connectivity index (χ4n) is 3.98. The van der Waals surface area contributed by atoms with E-state index in [0.29, 0.717) is 6.04 Å². The molecule has 2 rings (SSSR count). The van der Waals surface area contributed by atoms with Crippen molar-refractivity contribution in [3.63, 3.8) is 0 Å². The Morgan fingerprint density at radius 1 is 1.33 bits per heavy atom. The molecule has 21 heavy (non-hydrogen) atoms. The van der Waals surface area contributed by atoms with Crippen molar-refractivity contribution in [2.45, 2.75) is 63.5 Å². The van der Waals surface area contributed by atoms with Gasteiger partial charge in [-0.2, -0.15) is 5.10 Å². The summed E-state index contributed by atoms with van der Waals surface area (Å²) >= 11 is 0. The molecule has 1 saturated carbocycles. The van der Waals surface area contributed by atoms with Crippen molar-refractivity contribution >= 4 is 0 Å². The zero-order chi connectivity index (χ0) is 15.5. The Labute approximate surface area is 129 Å². The largest absolute Gasteiger partial charge is 0.315 e. The van der Waals surface area contributed by atoms with Crippen LogP contribution in [0.25, 0.3) is 0 Å². The Balaban J connectivity index is 2.22. The molecule has 0 aliphatic heterocycles. The topological polar surface area (TPSA) is 33.1 Å². The molecule has 1 aliphatic carbocycles. The molecule has 120 valence electrons. The zero-order valence-corrected chi connectivity index (χ0v) is 14.4. The Kier molecular flexibility index (Phi) is 5.44. The molecular weight excluding hydrogens is 260 g/mol. The first kappa shape index (κ1) is 16.5. The number of hydrogen-bond donors (Lipinski definition) is 1. The van der Waals surface area contributed by atoms with E-state index in [4.69, 9.17) is 0 Å². The highest BCUT2D eigenvalue weighted by Crippen LogP contribution is 2.36. The molecule has 1 fully saturated rings. The van der Waals surface area contributed by atoms with Crippen LogP contribution < -0.4 is 5.32 Å². The summed E-state index contributed by atoms with van der Waals surface area (Å²) in [5.74, 6) is 0. The standard InChI is InChI=1S/C17H32N4/c1-6-14-12-15(21(5)19-14)13-16(18-2)17(20(3)4)10-8-7-9-11-17/h12,16,18H,6-11,13H2,1-5H3. The second-order valence-electron chi connectivity index (χ2n) is 6.71. The summed E-state index contributed by atoms with van der Waals surface area (Å²) in [5, 5.41) is 8.22. The van der Waals surface area contributed by atoms with Gasteiger partial charge >= 0.3 is 0 Å². The molecule has 1 N–H and O–H groups in total. The second kappa shape index (κ2) is 6.93. The van der Waals surface area contributed by atoms with Gasteiger partial charge in [0.1, 0.15) is 0 Å². The maximum absolute atomic E-state index is 4.60. The summed E-state index contributed by atoms with van der Waals surface area (Å²) in [6.45, 7) is 2.17. The fraction of sp³-hybridized carbons (Fsp3) is 0.824. The van der Waals surface area contributed by atoms with Crippen LogP contribution >= 0.6 is 0 Å². The minimum absolute atomic E-state index is 0.281. The van der Waals surface area contributed by atoms with E-state index in [0.717, 1.165) is 12.8 Å². The molecule has 0 bridgehead atoms. The lowest BCUT2D eigenvalue weighted by Gasteiger charge is -2.48. The molecule has 1 aliphatic rings. The Morgan fingerprint density at radius 3 is 2.48 bits per heavy atom. The molecule has 1 unspecified atom stereocenters. The lowest BCUT2D eigenvalue weighted by atomic mass is 9.74. The molecule has 1 aromatic rings. The fourth-order valence-corrected chi connectivity index (χ4v) is 3.98. The van der Waals surface area contributed by atoms with Crippen LogP contribution in [0.1, 0.15) is 50.4 Å². The van der Waals surface area contributed by atoms with Crippen LogP contribution in [0.2, 0.25) is 0 Å². The van der Waals surface area contributed by atoms with Crippen molar-refractivity contribution in [2.75, 3.05) is 21.1 Å². The lowest BCUT2D eigenvalue weighted by molar-refractivity contribution is 0.0591. The summed E-state index contributed by atoms with van der Waals surface area (Å²) in [6.07, 6.45) is 8.74. The number of nitrogens with one attached hydrogen (secondary N) is 1. The van der Waals surface area contributed by atoms with Gasteiger partial charge in [0.25, 0.3) is 0 Å². The van der Waals surface area contributed by atoms with Crippen molar-refractivity contribution in [3.05, 3.63) is 17.5 Å². The first-order chi connectivity index (χ1) is 10.0. The van der Waals surface area contributed by atoms with Crippen molar-refractivity contribution < 1.29 is 0 Å². The van der Waals surface area contributed by atoms with Gasteiger partial charge in [-0.25, -0.2) is 0 Å². The predicted molar refractivity (Wildman–Crippen MR) is 88.6 cm³/mol. The SMILES string of the molecule is CCc1cc(CC(NC)C2(N(C)C)CCCCC2)n(C)n1. The third kappa shape index (κ3) is 3.32. The molecule has 0 saturated heterocycles. The maximum Gasteiger partial charge on any atom is 0.0624 e. The number of aryl methyl sites for hydroxylation is 2. The van der Waals surface area contributed by atoms with Gasteiger partial charge in [-0.05, 0) is 46.5 Å². The molecule has 0 aromatic carbocycles. The van der Waals surface area contributed by atoms with Crippen molar-refractivity contribution in [2.24, 2.45) is 7.05 Å². The highest BCUT2D eigenvalue weighted by molar-refractivity contribution is 5.14. The predicted octanol–water partition coefficient (Wildman–Crippen LogP) is 2.38. The van der Waals surface area contributed by atoms with E-state index >= 15 is 0 Å². The zero-order valence-electron chi connectivity index (χ0n) is 14.4. The van der Waals surface area contributed by atoms with Gasteiger partial charge in [-0.3, -0.25) is 4.68 Å². The van der Waals surface area contributed by atoms with Gasteiger partial charge in [0.15, 0.2) is 0 Å². The van der Waals surface area contributed by atoms with Gasteiger partial charge in [0, 0.05) is 30.7 Å². The third-order valence-corrected chi connectivity index (χ3v) is 5.41. The molecule has 4 nitrogen and oxygen atoms in total. The number of rotatable bonds is 6. The first-order valence-corrected chi connectivity index (χ1v) is 8.40. The number of nitrogens with zero attached hydrogens (tertiary/aromatic N) is 3. The van der Waals surface area contributed by atoms with E-state index in [1.165, 1.54) is 43.5 Å². The summed E-state index contributed by atoms with van der Waals surface area (Å²) in [5.41, 5.74) is 2.83. The van der Waals surface area contributed by atoms with Crippen LogP contribution in [0.3, 0.4) is 0 Å². The van der Waals surface area contributed by atoms with E-state index in [2.05, 4.69) is 61.2 Å². The molecule has 1 heterocycles. The van der Waals surface area contributed by atoms with Crippen molar-refractivity contribution in [3.8, 4) is 0 Å². The van der Waals surface area contributed by atoms with Gasteiger partial charge < -0.3 is 10.2 Å². The van der Waals surface area contributed by atoms with E-state index in [-0.39, 0.29) is 5.54 Å². The van der Waals surface area contributed by atoms with Crippen LogP contribution in [-0.4, -0.2) is 47.4 Å². The van der Waals surface area contributed by atoms with Crippen LogP contribution in [0.5, 0.6) is 0 Å². The first-order valence-electron chi connectivity index (χ1n) is 8.40. The summed E-state index contributed by atoms with van der Waals surface area (Å²) in [6, 6.07) is 2.75. The lowest BCUT2D eigenvalue weighted by Crippen LogP contribution is -2.60. The quantitative estimate of drug-likeness (QED) is 0.874. The normalized spacial score (nSPS) is 19.9. The molecule has 1 aromatic heterocycles. The average molecular weight is 292 g/mol. The van der Waals surface area contributed by atoms with E-state index in [1.54, 1.807) is 0 Å². The average Bonchev–Trinajstić information content (AvgIpc) is 2.85. The monoisotopic (exact) mass is 292 g/mol. The third-order valence-electron chi connectivity index (χ3n) is 5.41. The molecule has 0 radical (unpaired) electrons. The van der Waals surface area contributed by atoms with Crippen LogP contribution in [0.15, 0.2) is 6.07 Å². The highest BCUT2D eigenvalue weighted by atomic mass is 15.3. The number of likely N-dealkylation sites (N-methyl/N-ethyl adjacent to an activating group) is 2. The van der Waals surface area contributed by atoms with Crippen LogP contribution in [-0.2, 0) is 19.9 Å². The molecule has 0 amide bonds. The second-order valence-corrected chi connectivity index (χ2v) is 6.71. The van der Waals surface area contributed by atoms with E-state index in [9.17, 15) is 0 Å². The molecule has 4 heteroatoms. The van der Waals surface area contributed by atoms with Crippen LogP contribution in [0, 0.1) is 0 Å². The Hall–Kier alpha value is -0.870. The summed E-state index contributed by atoms with van der Waals surface area (Å²) in [4.78, 5) is 2.46. The minimum Gasteiger partial charge on any atom is -0.315 e. The van der Waals surface area contributed by atoms with Gasteiger partial charge in [-0.15, -0.1) is 0 Å². The Morgan fingerprint density at radius 2 is 2.00 bits per heavy atom. The van der Waals surface area contributed by atoms with Crippen LogP contribution in [0.4, 0.5) is 0 Å². The highest BCUT2D eigenvalue weighted by Gasteiger charge is 2.41. The number of aromatic nitrogens is 2. The minimum atomic E-state index is 0.281. The Bertz CT molecular complexity index is 444. The maximum atomic E-state index is 4.60. The number of hydrogen-bond acceptors (Lipinski definition) is 3. The van der Waals surface area contributed by atoms with E-state index in [1.807, 2.05) is 0 Å². The van der Waals surface area contributed by atoms with Gasteiger partial charge in [0.2, 0.25) is 0 Å². The smallest absolute Gasteiger partial charge is 0.0624 e.